The first kappa shape index (κ1) is 19.7. The lowest BCUT2D eigenvalue weighted by atomic mass is 10.2. The largest absolute Gasteiger partial charge is 0.490 e. The smallest absolute Gasteiger partial charge is 0.229 e. The van der Waals surface area contributed by atoms with Crippen LogP contribution in [-0.4, -0.2) is 39.6 Å². The molecule has 0 fully saturated rings. The van der Waals surface area contributed by atoms with Crippen LogP contribution in [0.3, 0.4) is 0 Å². The van der Waals surface area contributed by atoms with Crippen molar-refractivity contribution < 1.29 is 22.7 Å². The molecule has 0 unspecified atom stereocenters. The maximum atomic E-state index is 12.6. The van der Waals surface area contributed by atoms with Crippen LogP contribution in [-0.2, 0) is 19.6 Å². The molecule has 28 heavy (non-hydrogen) atoms. The fourth-order valence-corrected chi connectivity index (χ4v) is 3.46. The van der Waals surface area contributed by atoms with E-state index in [1.165, 1.54) is 0 Å². The zero-order valence-electron chi connectivity index (χ0n) is 15.3. The fraction of sp³-hybridized carbons (Fsp3) is 0.263. The molecule has 9 heteroatoms. The molecular formula is C19H21N3O5S. The van der Waals surface area contributed by atoms with Crippen LogP contribution in [0.5, 0.6) is 5.75 Å². The topological polar surface area (TPSA) is 105 Å². The number of fused-ring (bicyclic) bond motifs is 1. The van der Waals surface area contributed by atoms with E-state index in [2.05, 4.69) is 10.0 Å². The van der Waals surface area contributed by atoms with E-state index in [0.717, 1.165) is 6.26 Å². The van der Waals surface area contributed by atoms with E-state index in [0.29, 0.717) is 30.3 Å². The van der Waals surface area contributed by atoms with Crippen LogP contribution >= 0.6 is 0 Å². The molecule has 0 saturated carbocycles. The van der Waals surface area contributed by atoms with Gasteiger partial charge in [-0.2, -0.15) is 0 Å². The normalized spacial score (nSPS) is 13.2. The third-order valence-corrected chi connectivity index (χ3v) is 4.68. The van der Waals surface area contributed by atoms with E-state index in [4.69, 9.17) is 4.74 Å². The molecule has 1 aliphatic rings. The zero-order chi connectivity index (χ0) is 20.1. The zero-order valence-corrected chi connectivity index (χ0v) is 16.2. The van der Waals surface area contributed by atoms with Crippen LogP contribution in [0.4, 0.5) is 17.1 Å². The van der Waals surface area contributed by atoms with Crippen LogP contribution < -0.4 is 19.7 Å². The van der Waals surface area contributed by atoms with Crippen molar-refractivity contribution in [2.24, 2.45) is 0 Å². The highest BCUT2D eigenvalue weighted by atomic mass is 32.2. The summed E-state index contributed by atoms with van der Waals surface area (Å²) in [5, 5.41) is 2.65. The molecule has 0 atom stereocenters. The average Bonchev–Trinajstić information content (AvgIpc) is 2.66. The standard InChI is InChI=1S/C19H21N3O5S/c1-28(25,26)21-15-7-3-2-6-14(15)20-18(23)10-11-19(24)22-12-13-27-17-9-5-4-8-16(17)22/h2-9,21H,10-13H2,1H3,(H,20,23). The quantitative estimate of drug-likeness (QED) is 0.769. The molecule has 0 radical (unpaired) electrons. The third-order valence-electron chi connectivity index (χ3n) is 4.09. The molecule has 0 spiro atoms. The molecule has 2 N–H and O–H groups in total. The van der Waals surface area contributed by atoms with Crippen molar-refractivity contribution in [3.05, 3.63) is 48.5 Å². The summed E-state index contributed by atoms with van der Waals surface area (Å²) in [6.45, 7) is 0.831. The molecule has 0 saturated heterocycles. The number of benzene rings is 2. The summed E-state index contributed by atoms with van der Waals surface area (Å²) in [7, 11) is -3.48. The van der Waals surface area contributed by atoms with Crippen molar-refractivity contribution in [1.29, 1.82) is 0 Å². The predicted octanol–water partition coefficient (Wildman–Crippen LogP) is 2.20. The Morgan fingerprint density at radius 3 is 2.46 bits per heavy atom. The number of nitrogens with zero attached hydrogens (tertiary/aromatic N) is 1. The van der Waals surface area contributed by atoms with E-state index >= 15 is 0 Å². The number of para-hydroxylation sites is 4. The van der Waals surface area contributed by atoms with Crippen molar-refractivity contribution in [3.63, 3.8) is 0 Å². The number of sulfonamides is 1. The lowest BCUT2D eigenvalue weighted by Crippen LogP contribution is -2.38. The van der Waals surface area contributed by atoms with Crippen molar-refractivity contribution in [2.45, 2.75) is 12.8 Å². The van der Waals surface area contributed by atoms with E-state index in [9.17, 15) is 18.0 Å². The minimum atomic E-state index is -3.48. The van der Waals surface area contributed by atoms with Gasteiger partial charge in [-0.3, -0.25) is 14.3 Å². The Morgan fingerprint density at radius 1 is 1.04 bits per heavy atom. The SMILES string of the molecule is CS(=O)(=O)Nc1ccccc1NC(=O)CCC(=O)N1CCOc2ccccc21. The Balaban J connectivity index is 1.61. The number of rotatable bonds is 6. The third kappa shape index (κ3) is 5.01. The second kappa shape index (κ2) is 8.30. The van der Waals surface area contributed by atoms with Crippen LogP contribution in [0.2, 0.25) is 0 Å². The van der Waals surface area contributed by atoms with E-state index in [1.807, 2.05) is 12.1 Å². The summed E-state index contributed by atoms with van der Waals surface area (Å²) >= 11 is 0. The summed E-state index contributed by atoms with van der Waals surface area (Å²) in [6, 6.07) is 13.7. The predicted molar refractivity (Wildman–Crippen MR) is 107 cm³/mol. The molecule has 1 heterocycles. The maximum Gasteiger partial charge on any atom is 0.229 e. The van der Waals surface area contributed by atoms with Gasteiger partial charge in [0.05, 0.1) is 29.9 Å². The number of nitrogens with one attached hydrogen (secondary N) is 2. The Labute approximate surface area is 163 Å². The molecule has 8 nitrogen and oxygen atoms in total. The van der Waals surface area contributed by atoms with Crippen molar-refractivity contribution >= 4 is 38.9 Å². The fourth-order valence-electron chi connectivity index (χ4n) is 2.88. The molecule has 2 aromatic rings. The summed E-state index contributed by atoms with van der Waals surface area (Å²) < 4.78 is 30.8. The van der Waals surface area contributed by atoms with Crippen LogP contribution in [0, 0.1) is 0 Å². The lowest BCUT2D eigenvalue weighted by molar-refractivity contribution is -0.122. The van der Waals surface area contributed by atoms with Gasteiger partial charge in [0, 0.05) is 12.8 Å². The van der Waals surface area contributed by atoms with Crippen LogP contribution in [0.25, 0.3) is 0 Å². The van der Waals surface area contributed by atoms with Gasteiger partial charge in [0.1, 0.15) is 12.4 Å². The van der Waals surface area contributed by atoms with Gasteiger partial charge in [0.15, 0.2) is 0 Å². The minimum Gasteiger partial charge on any atom is -0.490 e. The second-order valence-electron chi connectivity index (χ2n) is 6.33. The first-order valence-corrected chi connectivity index (χ1v) is 10.6. The number of ether oxygens (including phenoxy) is 1. The molecule has 1 aliphatic heterocycles. The van der Waals surface area contributed by atoms with Gasteiger partial charge in [0.25, 0.3) is 0 Å². The van der Waals surface area contributed by atoms with Crippen LogP contribution in [0.15, 0.2) is 48.5 Å². The van der Waals surface area contributed by atoms with Crippen molar-refractivity contribution in [1.82, 2.24) is 0 Å². The molecular weight excluding hydrogens is 382 g/mol. The van der Waals surface area contributed by atoms with E-state index < -0.39 is 10.0 Å². The molecule has 2 amide bonds. The highest BCUT2D eigenvalue weighted by molar-refractivity contribution is 7.92. The second-order valence-corrected chi connectivity index (χ2v) is 8.08. The number of hydrogen-bond donors (Lipinski definition) is 2. The lowest BCUT2D eigenvalue weighted by Gasteiger charge is -2.29. The Bertz CT molecular complexity index is 991. The van der Waals surface area contributed by atoms with E-state index in [1.54, 1.807) is 41.3 Å². The van der Waals surface area contributed by atoms with Gasteiger partial charge in [-0.25, -0.2) is 8.42 Å². The molecule has 0 aromatic heterocycles. The number of carbonyl (C=O) groups excluding carboxylic acids is 2. The highest BCUT2D eigenvalue weighted by Crippen LogP contribution is 2.31. The van der Waals surface area contributed by atoms with Gasteiger partial charge in [-0.1, -0.05) is 24.3 Å². The van der Waals surface area contributed by atoms with Gasteiger partial charge < -0.3 is 15.0 Å². The number of anilines is 3. The van der Waals surface area contributed by atoms with Gasteiger partial charge in [-0.05, 0) is 24.3 Å². The van der Waals surface area contributed by atoms with Gasteiger partial charge >= 0.3 is 0 Å². The summed E-state index contributed by atoms with van der Waals surface area (Å²) in [6.07, 6.45) is 1.04. The summed E-state index contributed by atoms with van der Waals surface area (Å²) in [4.78, 5) is 26.5. The maximum absolute atomic E-state index is 12.6. The molecule has 0 aliphatic carbocycles. The van der Waals surface area contributed by atoms with Gasteiger partial charge in [-0.15, -0.1) is 0 Å². The molecule has 0 bridgehead atoms. The van der Waals surface area contributed by atoms with Crippen molar-refractivity contribution in [3.8, 4) is 5.75 Å². The number of carbonyl (C=O) groups is 2. The Kier molecular flexibility index (Phi) is 5.84. The Hall–Kier alpha value is -3.07. The molecule has 148 valence electrons. The van der Waals surface area contributed by atoms with Gasteiger partial charge in [0.2, 0.25) is 21.8 Å². The van der Waals surface area contributed by atoms with Crippen LogP contribution in [0.1, 0.15) is 12.8 Å². The number of hydrogen-bond acceptors (Lipinski definition) is 5. The summed E-state index contributed by atoms with van der Waals surface area (Å²) in [5.74, 6) is 0.0958. The molecule has 3 rings (SSSR count). The minimum absolute atomic E-state index is 0.0223. The summed E-state index contributed by atoms with van der Waals surface area (Å²) in [5.41, 5.74) is 1.30. The van der Waals surface area contributed by atoms with Crippen molar-refractivity contribution in [2.75, 3.05) is 34.3 Å². The first-order chi connectivity index (χ1) is 13.3. The highest BCUT2D eigenvalue weighted by Gasteiger charge is 2.23. The van der Waals surface area contributed by atoms with E-state index in [-0.39, 0.29) is 30.3 Å². The average molecular weight is 403 g/mol. The Morgan fingerprint density at radius 2 is 1.71 bits per heavy atom. The number of amides is 2. The monoisotopic (exact) mass is 403 g/mol. The first-order valence-electron chi connectivity index (χ1n) is 8.72. The molecule has 2 aromatic carbocycles.